The third-order valence-electron chi connectivity index (χ3n) is 5.50. The van der Waals surface area contributed by atoms with Crippen LogP contribution in [0.5, 0.6) is 0 Å². The summed E-state index contributed by atoms with van der Waals surface area (Å²) in [6.45, 7) is 0.519. The molecule has 0 saturated carbocycles. The minimum Gasteiger partial charge on any atom is -0.383 e. The van der Waals surface area contributed by atoms with Gasteiger partial charge in [-0.05, 0) is 23.8 Å². The fourth-order valence-corrected chi connectivity index (χ4v) is 4.34. The van der Waals surface area contributed by atoms with Crippen LogP contribution < -0.4 is 16.4 Å². The molecule has 2 heterocycles. The molecular weight excluding hydrogens is 481 g/mol. The van der Waals surface area contributed by atoms with E-state index < -0.39 is 15.7 Å². The van der Waals surface area contributed by atoms with E-state index in [0.29, 0.717) is 41.1 Å². The number of nitrogens with one attached hydrogen (secondary N) is 2. The largest absolute Gasteiger partial charge is 0.383 e. The van der Waals surface area contributed by atoms with E-state index in [0.717, 1.165) is 11.1 Å². The van der Waals surface area contributed by atoms with Crippen molar-refractivity contribution in [1.29, 1.82) is 5.26 Å². The molecule has 184 valence electrons. The summed E-state index contributed by atoms with van der Waals surface area (Å²) in [4.78, 5) is 12.8. The Kier molecular flexibility index (Phi) is 7.26. The highest BCUT2D eigenvalue weighted by Gasteiger charge is 2.18. The van der Waals surface area contributed by atoms with Gasteiger partial charge in [0, 0.05) is 36.7 Å². The van der Waals surface area contributed by atoms with Crippen LogP contribution in [0.15, 0.2) is 54.9 Å². The van der Waals surface area contributed by atoms with Crippen molar-refractivity contribution in [1.82, 2.24) is 15.0 Å². The lowest BCUT2D eigenvalue weighted by Gasteiger charge is -2.19. The molecule has 0 bridgehead atoms. The summed E-state index contributed by atoms with van der Waals surface area (Å²) in [6, 6.07) is 15.8. The van der Waals surface area contributed by atoms with E-state index in [1.807, 2.05) is 36.4 Å². The number of nitriles is 1. The van der Waals surface area contributed by atoms with Crippen LogP contribution in [0.4, 0.5) is 21.7 Å². The molecule has 9 nitrogen and oxygen atoms in total. The first-order valence-corrected chi connectivity index (χ1v) is 13.2. The number of halogens is 1. The standard InChI is InChI=1S/C25H24FN7O2S/c1-36(34,35)12-11-29-23-18-13-17(26)7-8-20(18)33-21(22(23)16-5-3-2-4-6-16)9-10-30-25-19(14-27)24(28)31-15-32-25/h2-8,13,15H,9-12H2,1H3,(H,29,33)(H3,28,30,31,32). The Labute approximate surface area is 208 Å². The van der Waals surface area contributed by atoms with Crippen molar-refractivity contribution >= 4 is 38.1 Å². The van der Waals surface area contributed by atoms with Crippen LogP contribution in [0.25, 0.3) is 22.0 Å². The van der Waals surface area contributed by atoms with Crippen molar-refractivity contribution in [3.8, 4) is 17.2 Å². The summed E-state index contributed by atoms with van der Waals surface area (Å²) in [6.07, 6.45) is 2.87. The zero-order valence-electron chi connectivity index (χ0n) is 19.5. The van der Waals surface area contributed by atoms with Crippen molar-refractivity contribution in [3.05, 3.63) is 71.9 Å². The normalized spacial score (nSPS) is 11.2. The van der Waals surface area contributed by atoms with Gasteiger partial charge in [0.2, 0.25) is 0 Å². The Morgan fingerprint density at radius 1 is 1.08 bits per heavy atom. The highest BCUT2D eigenvalue weighted by Crippen LogP contribution is 2.37. The molecule has 0 radical (unpaired) electrons. The summed E-state index contributed by atoms with van der Waals surface area (Å²) in [7, 11) is -3.21. The molecule has 2 aromatic carbocycles. The Morgan fingerprint density at radius 2 is 1.86 bits per heavy atom. The molecule has 0 fully saturated rings. The van der Waals surface area contributed by atoms with E-state index in [9.17, 15) is 18.1 Å². The smallest absolute Gasteiger partial charge is 0.149 e. The predicted molar refractivity (Wildman–Crippen MR) is 139 cm³/mol. The Balaban J connectivity index is 1.78. The zero-order valence-corrected chi connectivity index (χ0v) is 20.3. The number of nitrogens with two attached hydrogens (primary N) is 1. The Bertz CT molecular complexity index is 1550. The quantitative estimate of drug-likeness (QED) is 0.311. The van der Waals surface area contributed by atoms with Crippen LogP contribution >= 0.6 is 0 Å². The molecule has 0 aliphatic carbocycles. The Hall–Kier alpha value is -4.30. The van der Waals surface area contributed by atoms with Gasteiger partial charge in [0.1, 0.15) is 45.3 Å². The number of aromatic nitrogens is 3. The van der Waals surface area contributed by atoms with Gasteiger partial charge >= 0.3 is 0 Å². The van der Waals surface area contributed by atoms with Crippen molar-refractivity contribution in [2.45, 2.75) is 6.42 Å². The average Bonchev–Trinajstić information content (AvgIpc) is 2.84. The molecule has 0 amide bonds. The first-order chi connectivity index (χ1) is 17.3. The predicted octanol–water partition coefficient (Wildman–Crippen LogP) is 3.40. The number of nitrogen functional groups attached to an aromatic ring is 1. The molecule has 4 N–H and O–H groups in total. The highest BCUT2D eigenvalue weighted by molar-refractivity contribution is 7.90. The van der Waals surface area contributed by atoms with Gasteiger partial charge in [-0.1, -0.05) is 30.3 Å². The minimum absolute atomic E-state index is 0.0800. The van der Waals surface area contributed by atoms with Gasteiger partial charge < -0.3 is 16.4 Å². The van der Waals surface area contributed by atoms with E-state index in [2.05, 4.69) is 20.6 Å². The number of hydrogen-bond donors (Lipinski definition) is 3. The molecule has 2 aromatic heterocycles. The number of pyridine rings is 1. The number of benzene rings is 2. The summed E-state index contributed by atoms with van der Waals surface area (Å²) in [5, 5.41) is 16.3. The third kappa shape index (κ3) is 5.67. The molecule has 0 spiro atoms. The van der Waals surface area contributed by atoms with Gasteiger partial charge in [0.15, 0.2) is 0 Å². The molecule has 11 heteroatoms. The van der Waals surface area contributed by atoms with Crippen molar-refractivity contribution < 1.29 is 12.8 Å². The fraction of sp³-hybridized carbons (Fsp3) is 0.200. The van der Waals surface area contributed by atoms with Crippen LogP contribution in [0.3, 0.4) is 0 Å². The molecule has 0 unspecified atom stereocenters. The molecule has 0 aliphatic rings. The maximum absolute atomic E-state index is 14.2. The number of fused-ring (bicyclic) bond motifs is 1. The maximum atomic E-state index is 14.2. The molecule has 0 saturated heterocycles. The number of anilines is 3. The fourth-order valence-electron chi connectivity index (χ4n) is 3.87. The lowest BCUT2D eigenvalue weighted by Crippen LogP contribution is -2.16. The van der Waals surface area contributed by atoms with Crippen LogP contribution in [0.1, 0.15) is 11.3 Å². The van der Waals surface area contributed by atoms with E-state index in [1.165, 1.54) is 24.7 Å². The number of nitrogens with zero attached hydrogens (tertiary/aromatic N) is 4. The summed E-state index contributed by atoms with van der Waals surface area (Å²) < 4.78 is 37.7. The first-order valence-electron chi connectivity index (χ1n) is 11.1. The average molecular weight is 506 g/mol. The number of rotatable bonds is 9. The number of hydrogen-bond acceptors (Lipinski definition) is 9. The maximum Gasteiger partial charge on any atom is 0.149 e. The van der Waals surface area contributed by atoms with Gasteiger partial charge in [0.25, 0.3) is 0 Å². The summed E-state index contributed by atoms with van der Waals surface area (Å²) in [5.41, 5.74) is 9.40. The van der Waals surface area contributed by atoms with E-state index in [1.54, 1.807) is 6.07 Å². The highest BCUT2D eigenvalue weighted by atomic mass is 32.2. The topological polar surface area (TPSA) is 147 Å². The molecular formula is C25H24FN7O2S. The van der Waals surface area contributed by atoms with Gasteiger partial charge in [-0.2, -0.15) is 5.26 Å². The zero-order chi connectivity index (χ0) is 25.7. The van der Waals surface area contributed by atoms with Gasteiger partial charge in [-0.25, -0.2) is 22.8 Å². The summed E-state index contributed by atoms with van der Waals surface area (Å²) in [5.74, 6) is -0.0957. The second-order valence-corrected chi connectivity index (χ2v) is 10.4. The van der Waals surface area contributed by atoms with E-state index >= 15 is 0 Å². The summed E-state index contributed by atoms with van der Waals surface area (Å²) >= 11 is 0. The van der Waals surface area contributed by atoms with Gasteiger partial charge in [-0.3, -0.25) is 4.98 Å². The Morgan fingerprint density at radius 3 is 2.58 bits per heavy atom. The van der Waals surface area contributed by atoms with E-state index in [4.69, 9.17) is 10.7 Å². The third-order valence-corrected chi connectivity index (χ3v) is 6.45. The number of sulfone groups is 1. The van der Waals surface area contributed by atoms with Crippen LogP contribution in [0, 0.1) is 17.1 Å². The van der Waals surface area contributed by atoms with Gasteiger partial charge in [0.05, 0.1) is 22.7 Å². The molecule has 4 aromatic rings. The molecule has 0 atom stereocenters. The van der Waals surface area contributed by atoms with Crippen LogP contribution in [0.2, 0.25) is 0 Å². The molecule has 0 aliphatic heterocycles. The van der Waals surface area contributed by atoms with Crippen LogP contribution in [-0.4, -0.2) is 48.5 Å². The first kappa shape index (κ1) is 24.8. The molecule has 36 heavy (non-hydrogen) atoms. The molecule has 4 rings (SSSR count). The second-order valence-electron chi connectivity index (χ2n) is 8.16. The lowest BCUT2D eigenvalue weighted by molar-refractivity contribution is 0.602. The SMILES string of the molecule is CS(=O)(=O)CCNc1c(-c2ccccc2)c(CCNc2ncnc(N)c2C#N)nc2ccc(F)cc12. The monoisotopic (exact) mass is 505 g/mol. The van der Waals surface area contributed by atoms with E-state index in [-0.39, 0.29) is 23.7 Å². The second kappa shape index (κ2) is 10.5. The van der Waals surface area contributed by atoms with Gasteiger partial charge in [-0.15, -0.1) is 0 Å². The van der Waals surface area contributed by atoms with Crippen LogP contribution in [-0.2, 0) is 16.3 Å². The lowest BCUT2D eigenvalue weighted by atomic mass is 9.97. The van der Waals surface area contributed by atoms with Crippen molar-refractivity contribution in [2.24, 2.45) is 0 Å². The van der Waals surface area contributed by atoms with Crippen molar-refractivity contribution in [3.63, 3.8) is 0 Å². The minimum atomic E-state index is -3.21. The van der Waals surface area contributed by atoms with Crippen molar-refractivity contribution in [2.75, 3.05) is 41.5 Å².